The van der Waals surface area contributed by atoms with E-state index in [1.807, 2.05) is 30.3 Å². The lowest BCUT2D eigenvalue weighted by molar-refractivity contribution is -0.139. The maximum absolute atomic E-state index is 12.8. The Morgan fingerprint density at radius 1 is 0.950 bits per heavy atom. The summed E-state index contributed by atoms with van der Waals surface area (Å²) in [5, 5.41) is 0. The highest BCUT2D eigenvalue weighted by atomic mass is 19.4. The number of ether oxygens (including phenoxy) is 1. The van der Waals surface area contributed by atoms with Gasteiger partial charge in [0.2, 0.25) is 0 Å². The van der Waals surface area contributed by atoms with Crippen molar-refractivity contribution in [3.63, 3.8) is 0 Å². The van der Waals surface area contributed by atoms with Gasteiger partial charge in [0.15, 0.2) is 0 Å². The van der Waals surface area contributed by atoms with Crippen LogP contribution in [0.5, 0.6) is 5.75 Å². The van der Waals surface area contributed by atoms with Crippen LogP contribution in [0.15, 0.2) is 54.6 Å². The van der Waals surface area contributed by atoms with E-state index in [1.54, 1.807) is 0 Å². The highest BCUT2D eigenvalue weighted by Gasteiger charge is 2.34. The first kappa shape index (κ1) is 14.4. The van der Waals surface area contributed by atoms with E-state index in [-0.39, 0.29) is 12.4 Å². The Kier molecular flexibility index (Phi) is 4.29. The molecule has 0 saturated heterocycles. The third-order valence-corrected chi connectivity index (χ3v) is 2.84. The number of benzene rings is 2. The van der Waals surface area contributed by atoms with Crippen LogP contribution in [-0.2, 0) is 6.18 Å². The van der Waals surface area contributed by atoms with Crippen molar-refractivity contribution < 1.29 is 17.9 Å². The molecular weight excluding hydrogens is 267 g/mol. The first-order valence-corrected chi connectivity index (χ1v) is 6.08. The number of rotatable bonds is 4. The van der Waals surface area contributed by atoms with Gasteiger partial charge in [0, 0.05) is 0 Å². The molecule has 0 amide bonds. The summed E-state index contributed by atoms with van der Waals surface area (Å²) in [7, 11) is 0. The fourth-order valence-electron chi connectivity index (χ4n) is 1.80. The molecule has 106 valence electrons. The van der Waals surface area contributed by atoms with E-state index in [9.17, 15) is 13.2 Å². The van der Waals surface area contributed by atoms with E-state index < -0.39 is 17.8 Å². The maximum atomic E-state index is 12.8. The lowest BCUT2D eigenvalue weighted by Crippen LogP contribution is -2.20. The highest BCUT2D eigenvalue weighted by Crippen LogP contribution is 2.36. The molecule has 0 bridgehead atoms. The largest absolute Gasteiger partial charge is 0.491 e. The van der Waals surface area contributed by atoms with Gasteiger partial charge in [-0.3, -0.25) is 0 Å². The van der Waals surface area contributed by atoms with Crippen molar-refractivity contribution in [2.24, 2.45) is 5.73 Å². The minimum absolute atomic E-state index is 0.0168. The van der Waals surface area contributed by atoms with Crippen molar-refractivity contribution in [2.75, 3.05) is 6.61 Å². The van der Waals surface area contributed by atoms with E-state index >= 15 is 0 Å². The van der Waals surface area contributed by atoms with Crippen LogP contribution in [-0.4, -0.2) is 6.61 Å². The van der Waals surface area contributed by atoms with Gasteiger partial charge in [0.1, 0.15) is 12.4 Å². The zero-order valence-corrected chi connectivity index (χ0v) is 10.6. The predicted octanol–water partition coefficient (Wildman–Crippen LogP) is 3.78. The average Bonchev–Trinajstić information content (AvgIpc) is 2.45. The molecule has 1 unspecified atom stereocenters. The molecule has 2 N–H and O–H groups in total. The van der Waals surface area contributed by atoms with Crippen LogP contribution in [0.4, 0.5) is 13.2 Å². The number of hydrogen-bond acceptors (Lipinski definition) is 2. The van der Waals surface area contributed by atoms with E-state index in [2.05, 4.69) is 0 Å². The van der Waals surface area contributed by atoms with Gasteiger partial charge in [-0.05, 0) is 17.7 Å². The van der Waals surface area contributed by atoms with E-state index in [0.29, 0.717) is 0 Å². The molecule has 0 heterocycles. The van der Waals surface area contributed by atoms with E-state index in [4.69, 9.17) is 10.5 Å². The topological polar surface area (TPSA) is 35.2 Å². The lowest BCUT2D eigenvalue weighted by Gasteiger charge is -2.17. The van der Waals surface area contributed by atoms with Crippen molar-refractivity contribution in [1.29, 1.82) is 0 Å². The lowest BCUT2D eigenvalue weighted by atomic mass is 10.1. The summed E-state index contributed by atoms with van der Waals surface area (Å²) < 4.78 is 43.6. The van der Waals surface area contributed by atoms with Crippen LogP contribution in [0.1, 0.15) is 17.2 Å². The summed E-state index contributed by atoms with van der Waals surface area (Å²) in [6, 6.07) is 13.7. The van der Waals surface area contributed by atoms with Crippen LogP contribution in [0, 0.1) is 0 Å². The van der Waals surface area contributed by atoms with Crippen LogP contribution in [0.3, 0.4) is 0 Å². The Morgan fingerprint density at radius 2 is 1.55 bits per heavy atom. The van der Waals surface area contributed by atoms with Gasteiger partial charge in [-0.1, -0.05) is 42.5 Å². The fourth-order valence-corrected chi connectivity index (χ4v) is 1.80. The van der Waals surface area contributed by atoms with Crippen LogP contribution < -0.4 is 10.5 Å². The van der Waals surface area contributed by atoms with Crippen molar-refractivity contribution in [3.8, 4) is 5.75 Å². The Hall–Kier alpha value is -2.01. The number of halogens is 3. The first-order chi connectivity index (χ1) is 9.48. The summed E-state index contributed by atoms with van der Waals surface area (Å²) in [6.07, 6.45) is -4.44. The highest BCUT2D eigenvalue weighted by molar-refractivity contribution is 5.35. The molecule has 1 atom stereocenters. The minimum atomic E-state index is -4.44. The molecule has 0 fully saturated rings. The second-order valence-electron chi connectivity index (χ2n) is 4.32. The van der Waals surface area contributed by atoms with E-state index in [0.717, 1.165) is 11.6 Å². The number of para-hydroxylation sites is 1. The molecule has 0 radical (unpaired) electrons. The molecule has 20 heavy (non-hydrogen) atoms. The van der Waals surface area contributed by atoms with Gasteiger partial charge >= 0.3 is 6.18 Å². The second kappa shape index (κ2) is 5.96. The normalized spacial score (nSPS) is 13.0. The zero-order valence-electron chi connectivity index (χ0n) is 10.6. The molecule has 2 nitrogen and oxygen atoms in total. The molecule has 0 aromatic heterocycles. The van der Waals surface area contributed by atoms with Crippen molar-refractivity contribution >= 4 is 0 Å². The summed E-state index contributed by atoms with van der Waals surface area (Å²) in [6.45, 7) is -0.0168. The van der Waals surface area contributed by atoms with Gasteiger partial charge in [0.05, 0.1) is 11.6 Å². The maximum Gasteiger partial charge on any atom is 0.419 e. The Labute approximate surface area is 115 Å². The third kappa shape index (κ3) is 3.51. The average molecular weight is 281 g/mol. The Morgan fingerprint density at radius 3 is 2.20 bits per heavy atom. The molecule has 0 spiro atoms. The number of nitrogens with two attached hydrogens (primary N) is 1. The minimum Gasteiger partial charge on any atom is -0.491 e. The standard InChI is InChI=1S/C15H14F3NO/c16-15(17,18)12-8-4-5-9-14(12)20-10-13(19)11-6-2-1-3-7-11/h1-9,13H,10,19H2. The van der Waals surface area contributed by atoms with Crippen molar-refractivity contribution in [2.45, 2.75) is 12.2 Å². The molecular formula is C15H14F3NO. The van der Waals surface area contributed by atoms with E-state index in [1.165, 1.54) is 18.2 Å². The molecule has 0 aliphatic rings. The van der Waals surface area contributed by atoms with Crippen molar-refractivity contribution in [1.82, 2.24) is 0 Å². The molecule has 2 rings (SSSR count). The van der Waals surface area contributed by atoms with Crippen LogP contribution >= 0.6 is 0 Å². The monoisotopic (exact) mass is 281 g/mol. The van der Waals surface area contributed by atoms with Crippen LogP contribution in [0.25, 0.3) is 0 Å². The van der Waals surface area contributed by atoms with Gasteiger partial charge in [-0.25, -0.2) is 0 Å². The molecule has 0 aliphatic carbocycles. The van der Waals surface area contributed by atoms with Gasteiger partial charge < -0.3 is 10.5 Å². The summed E-state index contributed by atoms with van der Waals surface area (Å²) in [5.41, 5.74) is 5.92. The van der Waals surface area contributed by atoms with Crippen molar-refractivity contribution in [3.05, 3.63) is 65.7 Å². The molecule has 0 saturated carbocycles. The number of alkyl halides is 3. The fraction of sp³-hybridized carbons (Fsp3) is 0.200. The molecule has 2 aromatic rings. The summed E-state index contributed by atoms with van der Waals surface area (Å²) >= 11 is 0. The predicted molar refractivity (Wildman–Crippen MR) is 70.3 cm³/mol. The van der Waals surface area contributed by atoms with Crippen LogP contribution in [0.2, 0.25) is 0 Å². The number of hydrogen-bond donors (Lipinski definition) is 1. The zero-order chi connectivity index (χ0) is 14.6. The smallest absolute Gasteiger partial charge is 0.419 e. The van der Waals surface area contributed by atoms with Gasteiger partial charge in [-0.15, -0.1) is 0 Å². The summed E-state index contributed by atoms with van der Waals surface area (Å²) in [5.74, 6) is -0.202. The van der Waals surface area contributed by atoms with Gasteiger partial charge in [-0.2, -0.15) is 13.2 Å². The SMILES string of the molecule is NC(COc1ccccc1C(F)(F)F)c1ccccc1. The first-order valence-electron chi connectivity index (χ1n) is 6.08. The Bertz CT molecular complexity index is 555. The molecule has 5 heteroatoms. The third-order valence-electron chi connectivity index (χ3n) is 2.84. The second-order valence-corrected chi connectivity index (χ2v) is 4.32. The summed E-state index contributed by atoms with van der Waals surface area (Å²) in [4.78, 5) is 0. The van der Waals surface area contributed by atoms with Gasteiger partial charge in [0.25, 0.3) is 0 Å². The quantitative estimate of drug-likeness (QED) is 0.925. The molecule has 0 aliphatic heterocycles. The molecule has 2 aromatic carbocycles. The Balaban J connectivity index is 2.08.